The van der Waals surface area contributed by atoms with E-state index >= 15 is 0 Å². The fourth-order valence-electron chi connectivity index (χ4n) is 1.62. The third-order valence-corrected chi connectivity index (χ3v) is 2.60. The minimum Gasteiger partial charge on any atom is -0.444 e. The Morgan fingerprint density at radius 1 is 1.21 bits per heavy atom. The Morgan fingerprint density at radius 2 is 1.86 bits per heavy atom. The van der Waals surface area contributed by atoms with E-state index in [0.29, 0.717) is 0 Å². The number of hydrogen-bond donors (Lipinski definition) is 0. The highest BCUT2D eigenvalue weighted by molar-refractivity contribution is 5.90. The number of carbonyl (C=O) groups is 1. The number of anilines is 1. The number of benzene rings is 1. The molecule has 14 heavy (non-hydrogen) atoms. The zero-order valence-electron chi connectivity index (χ0n) is 8.31. The lowest BCUT2D eigenvalue weighted by Crippen LogP contribution is -2.32. The van der Waals surface area contributed by atoms with Gasteiger partial charge in [0, 0.05) is 5.69 Å². The van der Waals surface area contributed by atoms with Crippen LogP contribution in [0.1, 0.15) is 13.8 Å². The number of hydrogen-bond acceptors (Lipinski definition) is 2. The molecule has 0 unspecified atom stereocenters. The quantitative estimate of drug-likeness (QED) is 0.682. The number of cyclic esters (lactones) is 1. The van der Waals surface area contributed by atoms with E-state index in [1.54, 1.807) is 4.90 Å². The van der Waals surface area contributed by atoms with Gasteiger partial charge >= 0.3 is 6.09 Å². The van der Waals surface area contributed by atoms with E-state index in [-0.39, 0.29) is 18.2 Å². The van der Waals surface area contributed by atoms with E-state index in [9.17, 15) is 4.79 Å². The molecule has 1 fully saturated rings. The Hall–Kier alpha value is -1.51. The van der Waals surface area contributed by atoms with Gasteiger partial charge in [0.2, 0.25) is 0 Å². The van der Waals surface area contributed by atoms with Crippen LogP contribution in [0, 0.1) is 0 Å². The molecule has 0 saturated carbocycles. The van der Waals surface area contributed by atoms with Gasteiger partial charge in [-0.3, -0.25) is 4.90 Å². The number of carbonyl (C=O) groups excluding carboxylic acids is 1. The second-order valence-corrected chi connectivity index (χ2v) is 3.54. The second-order valence-electron chi connectivity index (χ2n) is 3.54. The molecule has 1 aliphatic heterocycles. The zero-order chi connectivity index (χ0) is 10.1. The molecule has 3 heteroatoms. The van der Waals surface area contributed by atoms with Crippen LogP contribution in [-0.2, 0) is 4.74 Å². The molecule has 1 aromatic rings. The van der Waals surface area contributed by atoms with Gasteiger partial charge in [-0.05, 0) is 26.0 Å². The van der Waals surface area contributed by atoms with Crippen LogP contribution in [0.2, 0.25) is 0 Å². The fraction of sp³-hybridized carbons (Fsp3) is 0.364. The predicted octanol–water partition coefficient (Wildman–Crippen LogP) is 2.42. The van der Waals surface area contributed by atoms with Crippen LogP contribution in [0.3, 0.4) is 0 Å². The molecule has 1 aliphatic rings. The van der Waals surface area contributed by atoms with E-state index in [1.165, 1.54) is 0 Å². The Morgan fingerprint density at radius 3 is 2.36 bits per heavy atom. The molecule has 1 saturated heterocycles. The summed E-state index contributed by atoms with van der Waals surface area (Å²) in [7, 11) is 0. The lowest BCUT2D eigenvalue weighted by Gasteiger charge is -2.18. The minimum atomic E-state index is -0.254. The average molecular weight is 191 g/mol. The van der Waals surface area contributed by atoms with Crippen LogP contribution in [0.25, 0.3) is 0 Å². The molecular weight excluding hydrogens is 178 g/mol. The fourth-order valence-corrected chi connectivity index (χ4v) is 1.62. The van der Waals surface area contributed by atoms with E-state index < -0.39 is 0 Å². The van der Waals surface area contributed by atoms with E-state index in [2.05, 4.69) is 0 Å². The maximum absolute atomic E-state index is 11.5. The summed E-state index contributed by atoms with van der Waals surface area (Å²) < 4.78 is 5.13. The molecule has 1 aromatic carbocycles. The van der Waals surface area contributed by atoms with E-state index in [1.807, 2.05) is 44.2 Å². The van der Waals surface area contributed by atoms with Gasteiger partial charge in [-0.15, -0.1) is 0 Å². The first-order valence-corrected chi connectivity index (χ1v) is 4.75. The van der Waals surface area contributed by atoms with Crippen molar-refractivity contribution in [2.24, 2.45) is 0 Å². The van der Waals surface area contributed by atoms with Crippen molar-refractivity contribution >= 4 is 11.8 Å². The third kappa shape index (κ3) is 1.35. The SMILES string of the molecule is C[C@H]1OC(=O)N(c2ccccc2)[C@H]1C. The van der Waals surface area contributed by atoms with Crippen LogP contribution in [0.4, 0.5) is 10.5 Å². The van der Waals surface area contributed by atoms with Gasteiger partial charge in [-0.25, -0.2) is 4.79 Å². The van der Waals surface area contributed by atoms with Crippen LogP contribution >= 0.6 is 0 Å². The first-order chi connectivity index (χ1) is 6.70. The number of amides is 1. The lowest BCUT2D eigenvalue weighted by molar-refractivity contribution is 0.143. The van der Waals surface area contributed by atoms with E-state index in [4.69, 9.17) is 4.74 Å². The largest absolute Gasteiger partial charge is 0.444 e. The summed E-state index contributed by atoms with van der Waals surface area (Å²) in [6.07, 6.45) is -0.293. The number of ether oxygens (including phenoxy) is 1. The number of para-hydroxylation sites is 1. The average Bonchev–Trinajstić information content (AvgIpc) is 2.43. The highest BCUT2D eigenvalue weighted by Crippen LogP contribution is 2.25. The Bertz CT molecular complexity index is 336. The van der Waals surface area contributed by atoms with Gasteiger partial charge in [-0.1, -0.05) is 18.2 Å². The molecular formula is C11H13NO2. The zero-order valence-corrected chi connectivity index (χ0v) is 8.31. The molecule has 1 amide bonds. The maximum Gasteiger partial charge on any atom is 0.415 e. The molecule has 0 radical (unpaired) electrons. The molecule has 74 valence electrons. The van der Waals surface area contributed by atoms with Gasteiger partial charge in [0.15, 0.2) is 0 Å². The standard InChI is InChI=1S/C11H13NO2/c1-8-9(2)14-11(13)12(8)10-6-4-3-5-7-10/h3-9H,1-2H3/t8-,9+/m0/s1. The first kappa shape index (κ1) is 9.06. The Balaban J connectivity index is 2.31. The molecule has 1 heterocycles. The summed E-state index contributed by atoms with van der Waals surface area (Å²) in [5, 5.41) is 0. The summed E-state index contributed by atoms with van der Waals surface area (Å²) in [6, 6.07) is 9.69. The van der Waals surface area contributed by atoms with Crippen LogP contribution in [-0.4, -0.2) is 18.2 Å². The highest BCUT2D eigenvalue weighted by atomic mass is 16.6. The molecule has 0 aliphatic carbocycles. The smallest absolute Gasteiger partial charge is 0.415 e. The third-order valence-electron chi connectivity index (χ3n) is 2.60. The van der Waals surface area contributed by atoms with Gasteiger partial charge in [0.25, 0.3) is 0 Å². The Kier molecular flexibility index (Phi) is 2.15. The molecule has 0 spiro atoms. The van der Waals surface area contributed by atoms with Crippen molar-refractivity contribution in [3.05, 3.63) is 30.3 Å². The monoisotopic (exact) mass is 191 g/mol. The Labute approximate surface area is 83.3 Å². The first-order valence-electron chi connectivity index (χ1n) is 4.75. The van der Waals surface area contributed by atoms with Gasteiger partial charge < -0.3 is 4.74 Å². The summed E-state index contributed by atoms with van der Waals surface area (Å²) in [4.78, 5) is 13.2. The molecule has 0 aromatic heterocycles. The van der Waals surface area contributed by atoms with Crippen LogP contribution < -0.4 is 4.90 Å². The highest BCUT2D eigenvalue weighted by Gasteiger charge is 2.36. The molecule has 0 N–H and O–H groups in total. The van der Waals surface area contributed by atoms with Crippen molar-refractivity contribution in [2.45, 2.75) is 26.0 Å². The predicted molar refractivity (Wildman–Crippen MR) is 54.3 cm³/mol. The van der Waals surface area contributed by atoms with Crippen LogP contribution in [0.5, 0.6) is 0 Å². The van der Waals surface area contributed by atoms with Crippen molar-refractivity contribution in [2.75, 3.05) is 4.90 Å². The molecule has 2 atom stereocenters. The topological polar surface area (TPSA) is 29.5 Å². The minimum absolute atomic E-state index is 0.0392. The lowest BCUT2D eigenvalue weighted by atomic mass is 10.2. The summed E-state index contributed by atoms with van der Waals surface area (Å²) in [5.41, 5.74) is 0.898. The van der Waals surface area contributed by atoms with Gasteiger partial charge in [0.05, 0.1) is 6.04 Å². The number of nitrogens with zero attached hydrogens (tertiary/aromatic N) is 1. The van der Waals surface area contributed by atoms with Crippen molar-refractivity contribution in [3.63, 3.8) is 0 Å². The van der Waals surface area contributed by atoms with Crippen LogP contribution in [0.15, 0.2) is 30.3 Å². The van der Waals surface area contributed by atoms with Crippen molar-refractivity contribution in [3.8, 4) is 0 Å². The molecule has 2 rings (SSSR count). The molecule has 0 bridgehead atoms. The van der Waals surface area contributed by atoms with Crippen molar-refractivity contribution in [1.29, 1.82) is 0 Å². The second kappa shape index (κ2) is 3.33. The van der Waals surface area contributed by atoms with Crippen molar-refractivity contribution < 1.29 is 9.53 Å². The summed E-state index contributed by atoms with van der Waals surface area (Å²) >= 11 is 0. The normalized spacial score (nSPS) is 26.4. The summed E-state index contributed by atoms with van der Waals surface area (Å²) in [6.45, 7) is 3.90. The summed E-state index contributed by atoms with van der Waals surface area (Å²) in [5.74, 6) is 0. The molecule has 3 nitrogen and oxygen atoms in total. The van der Waals surface area contributed by atoms with Crippen molar-refractivity contribution in [1.82, 2.24) is 0 Å². The number of rotatable bonds is 1. The van der Waals surface area contributed by atoms with E-state index in [0.717, 1.165) is 5.69 Å². The van der Waals surface area contributed by atoms with Gasteiger partial charge in [-0.2, -0.15) is 0 Å². The van der Waals surface area contributed by atoms with Gasteiger partial charge in [0.1, 0.15) is 6.10 Å². The maximum atomic E-state index is 11.5.